The molecule has 0 radical (unpaired) electrons. The molecule has 0 fully saturated rings. The number of rotatable bonds is 7. The highest BCUT2D eigenvalue weighted by molar-refractivity contribution is 5.76. The second-order valence-corrected chi connectivity index (χ2v) is 4.82. The first-order valence-corrected chi connectivity index (χ1v) is 6.70. The number of nitrogens with zero attached hydrogens (tertiary/aromatic N) is 1. The molecule has 3 heteroatoms. The summed E-state index contributed by atoms with van der Waals surface area (Å²) in [5, 5.41) is 0. The predicted octanol–water partition coefficient (Wildman–Crippen LogP) is 2.55. The molecule has 0 bridgehead atoms. The molecule has 0 heterocycles. The van der Waals surface area contributed by atoms with E-state index in [-0.39, 0.29) is 11.9 Å². The average Bonchev–Trinajstić information content (AvgIpc) is 2.36. The number of carbonyl (C=O) groups is 1. The largest absolute Gasteiger partial charge is 0.338 e. The van der Waals surface area contributed by atoms with Gasteiger partial charge in [0.15, 0.2) is 0 Å². The predicted molar refractivity (Wildman–Crippen MR) is 75.0 cm³/mol. The SMILES string of the molecule is CCCN(Cc1ccccc1)C(=O)CCC(C)N. The molecule has 0 aliphatic heterocycles. The van der Waals surface area contributed by atoms with Crippen LogP contribution in [0.4, 0.5) is 0 Å². The molecule has 1 aromatic rings. The van der Waals surface area contributed by atoms with Crippen molar-refractivity contribution in [1.82, 2.24) is 4.90 Å². The quantitative estimate of drug-likeness (QED) is 0.806. The normalized spacial score (nSPS) is 12.2. The van der Waals surface area contributed by atoms with E-state index in [4.69, 9.17) is 5.73 Å². The fourth-order valence-electron chi connectivity index (χ4n) is 1.87. The van der Waals surface area contributed by atoms with Crippen LogP contribution in [0.3, 0.4) is 0 Å². The van der Waals surface area contributed by atoms with Gasteiger partial charge in [-0.05, 0) is 25.3 Å². The smallest absolute Gasteiger partial charge is 0.222 e. The Bertz CT molecular complexity index is 349. The molecule has 1 atom stereocenters. The second kappa shape index (κ2) is 7.88. The molecule has 0 aliphatic rings. The fraction of sp³-hybridized carbons (Fsp3) is 0.533. The van der Waals surface area contributed by atoms with Crippen LogP contribution in [0.5, 0.6) is 0 Å². The Kier molecular flexibility index (Phi) is 6.44. The van der Waals surface area contributed by atoms with Crippen LogP contribution >= 0.6 is 0 Å². The van der Waals surface area contributed by atoms with E-state index in [1.54, 1.807) is 0 Å². The third-order valence-corrected chi connectivity index (χ3v) is 2.88. The Hall–Kier alpha value is -1.35. The summed E-state index contributed by atoms with van der Waals surface area (Å²) < 4.78 is 0. The minimum Gasteiger partial charge on any atom is -0.338 e. The molecular formula is C15H24N2O. The van der Waals surface area contributed by atoms with Gasteiger partial charge in [-0.15, -0.1) is 0 Å². The van der Waals surface area contributed by atoms with Crippen molar-refractivity contribution in [3.8, 4) is 0 Å². The van der Waals surface area contributed by atoms with E-state index in [0.29, 0.717) is 13.0 Å². The summed E-state index contributed by atoms with van der Waals surface area (Å²) in [6, 6.07) is 10.2. The van der Waals surface area contributed by atoms with Crippen molar-refractivity contribution in [3.05, 3.63) is 35.9 Å². The van der Waals surface area contributed by atoms with E-state index in [2.05, 4.69) is 19.1 Å². The second-order valence-electron chi connectivity index (χ2n) is 4.82. The van der Waals surface area contributed by atoms with Gasteiger partial charge in [0.1, 0.15) is 0 Å². The van der Waals surface area contributed by atoms with Crippen LogP contribution in [0.2, 0.25) is 0 Å². The maximum Gasteiger partial charge on any atom is 0.222 e. The highest BCUT2D eigenvalue weighted by Gasteiger charge is 2.13. The van der Waals surface area contributed by atoms with Gasteiger partial charge >= 0.3 is 0 Å². The monoisotopic (exact) mass is 248 g/mol. The van der Waals surface area contributed by atoms with E-state index in [0.717, 1.165) is 19.4 Å². The first-order valence-electron chi connectivity index (χ1n) is 6.70. The van der Waals surface area contributed by atoms with Crippen molar-refractivity contribution in [3.63, 3.8) is 0 Å². The minimum atomic E-state index is 0.0918. The molecule has 100 valence electrons. The third kappa shape index (κ3) is 5.32. The van der Waals surface area contributed by atoms with Crippen LogP contribution in [-0.4, -0.2) is 23.4 Å². The molecule has 3 nitrogen and oxygen atoms in total. The van der Waals surface area contributed by atoms with Crippen molar-refractivity contribution in [2.45, 2.75) is 45.7 Å². The zero-order valence-electron chi connectivity index (χ0n) is 11.4. The summed E-state index contributed by atoms with van der Waals surface area (Å²) in [6.07, 6.45) is 2.29. The number of hydrogen-bond donors (Lipinski definition) is 1. The summed E-state index contributed by atoms with van der Waals surface area (Å²) in [6.45, 7) is 5.55. The van der Waals surface area contributed by atoms with Gasteiger partial charge in [-0.2, -0.15) is 0 Å². The summed E-state index contributed by atoms with van der Waals surface area (Å²) in [7, 11) is 0. The van der Waals surface area contributed by atoms with Gasteiger partial charge in [-0.25, -0.2) is 0 Å². The Labute approximate surface area is 110 Å². The lowest BCUT2D eigenvalue weighted by atomic mass is 10.1. The van der Waals surface area contributed by atoms with Gasteiger partial charge in [-0.3, -0.25) is 4.79 Å². The Morgan fingerprint density at radius 2 is 2.00 bits per heavy atom. The first-order chi connectivity index (χ1) is 8.63. The van der Waals surface area contributed by atoms with E-state index in [1.165, 1.54) is 5.56 Å². The van der Waals surface area contributed by atoms with Crippen molar-refractivity contribution in [2.75, 3.05) is 6.54 Å². The molecular weight excluding hydrogens is 224 g/mol. The van der Waals surface area contributed by atoms with Crippen molar-refractivity contribution < 1.29 is 4.79 Å². The van der Waals surface area contributed by atoms with E-state index >= 15 is 0 Å². The molecule has 0 aliphatic carbocycles. The summed E-state index contributed by atoms with van der Waals surface area (Å²) in [4.78, 5) is 14.0. The van der Waals surface area contributed by atoms with Crippen LogP contribution in [-0.2, 0) is 11.3 Å². The molecule has 18 heavy (non-hydrogen) atoms. The van der Waals surface area contributed by atoms with Crippen LogP contribution < -0.4 is 5.73 Å². The van der Waals surface area contributed by atoms with Crippen LogP contribution in [0.1, 0.15) is 38.7 Å². The molecule has 0 spiro atoms. The molecule has 1 unspecified atom stereocenters. The van der Waals surface area contributed by atoms with Gasteiger partial charge in [0.05, 0.1) is 0 Å². The van der Waals surface area contributed by atoms with E-state index in [9.17, 15) is 4.79 Å². The van der Waals surface area contributed by atoms with Crippen LogP contribution in [0.25, 0.3) is 0 Å². The molecule has 2 N–H and O–H groups in total. The van der Waals surface area contributed by atoms with Gasteiger partial charge in [0.2, 0.25) is 5.91 Å². The maximum atomic E-state index is 12.1. The van der Waals surface area contributed by atoms with E-state index in [1.807, 2.05) is 30.0 Å². The molecule has 0 aromatic heterocycles. The van der Waals surface area contributed by atoms with Gasteiger partial charge < -0.3 is 10.6 Å². The highest BCUT2D eigenvalue weighted by Crippen LogP contribution is 2.08. The third-order valence-electron chi connectivity index (χ3n) is 2.88. The first kappa shape index (κ1) is 14.7. The zero-order valence-corrected chi connectivity index (χ0v) is 11.4. The lowest BCUT2D eigenvalue weighted by Gasteiger charge is -2.22. The number of carbonyl (C=O) groups excluding carboxylic acids is 1. The van der Waals surface area contributed by atoms with Gasteiger partial charge in [-0.1, -0.05) is 37.3 Å². The Morgan fingerprint density at radius 1 is 1.33 bits per heavy atom. The van der Waals surface area contributed by atoms with Crippen LogP contribution in [0, 0.1) is 0 Å². The standard InChI is InChI=1S/C15H24N2O/c1-3-11-17(15(18)10-9-13(2)16)12-14-7-5-4-6-8-14/h4-8,13H,3,9-12,16H2,1-2H3. The van der Waals surface area contributed by atoms with Gasteiger partial charge in [0, 0.05) is 25.6 Å². The van der Waals surface area contributed by atoms with E-state index < -0.39 is 0 Å². The Balaban J connectivity index is 2.56. The van der Waals surface area contributed by atoms with Crippen molar-refractivity contribution >= 4 is 5.91 Å². The number of amides is 1. The molecule has 0 saturated heterocycles. The summed E-state index contributed by atoms with van der Waals surface area (Å²) in [5.74, 6) is 0.206. The molecule has 0 saturated carbocycles. The number of nitrogens with two attached hydrogens (primary N) is 1. The lowest BCUT2D eigenvalue weighted by Crippen LogP contribution is -2.32. The topological polar surface area (TPSA) is 46.3 Å². The highest BCUT2D eigenvalue weighted by atomic mass is 16.2. The van der Waals surface area contributed by atoms with Gasteiger partial charge in [0.25, 0.3) is 0 Å². The minimum absolute atomic E-state index is 0.0918. The van der Waals surface area contributed by atoms with Crippen molar-refractivity contribution in [2.24, 2.45) is 5.73 Å². The fourth-order valence-corrected chi connectivity index (χ4v) is 1.87. The van der Waals surface area contributed by atoms with Crippen molar-refractivity contribution in [1.29, 1.82) is 0 Å². The molecule has 1 amide bonds. The number of benzene rings is 1. The average molecular weight is 248 g/mol. The molecule has 1 rings (SSSR count). The zero-order chi connectivity index (χ0) is 13.4. The summed E-state index contributed by atoms with van der Waals surface area (Å²) >= 11 is 0. The lowest BCUT2D eigenvalue weighted by molar-refractivity contribution is -0.132. The maximum absolute atomic E-state index is 12.1. The van der Waals surface area contributed by atoms with Crippen LogP contribution in [0.15, 0.2) is 30.3 Å². The Morgan fingerprint density at radius 3 is 2.56 bits per heavy atom. The number of hydrogen-bond acceptors (Lipinski definition) is 2. The summed E-state index contributed by atoms with van der Waals surface area (Å²) in [5.41, 5.74) is 6.88. The molecule has 1 aromatic carbocycles.